The van der Waals surface area contributed by atoms with Gasteiger partial charge in [-0.1, -0.05) is 12.1 Å². The number of hydrogen-bond acceptors (Lipinski definition) is 5. The molecule has 0 unspecified atom stereocenters. The Balaban J connectivity index is 2.99. The van der Waals surface area contributed by atoms with E-state index in [2.05, 4.69) is 0 Å². The molecule has 1 rings (SSSR count). The van der Waals surface area contributed by atoms with Gasteiger partial charge in [-0.3, -0.25) is 4.57 Å². The summed E-state index contributed by atoms with van der Waals surface area (Å²) in [5.41, 5.74) is 0.644. The van der Waals surface area contributed by atoms with Crippen molar-refractivity contribution in [1.29, 1.82) is 0 Å². The minimum absolute atomic E-state index is 0.0408. The molecule has 0 radical (unpaired) electrons. The number of hydrogen-bond donors (Lipinski definition) is 0. The molecule has 108 valence electrons. The van der Waals surface area contributed by atoms with Crippen LogP contribution in [-0.4, -0.2) is 27.9 Å². The van der Waals surface area contributed by atoms with Gasteiger partial charge in [0.25, 0.3) is 0 Å². The van der Waals surface area contributed by atoms with Crippen LogP contribution in [0.1, 0.15) is 19.4 Å². The van der Waals surface area contributed by atoms with Crippen molar-refractivity contribution in [2.45, 2.75) is 19.6 Å². The zero-order valence-electron chi connectivity index (χ0n) is 11.3. The van der Waals surface area contributed by atoms with Crippen molar-refractivity contribution in [2.24, 2.45) is 0 Å². The standard InChI is InChI=1S/C12H19O5PS/c1-4-16-18(13,17-5-2)12-8-6-11(7-9-12)10-19(3,14)15/h6-9H,4-5,10H2,1-3H3. The quantitative estimate of drug-likeness (QED) is 0.722. The number of benzene rings is 1. The van der Waals surface area contributed by atoms with Gasteiger partial charge in [0.2, 0.25) is 0 Å². The Labute approximate surface area is 114 Å². The van der Waals surface area contributed by atoms with E-state index in [0.29, 0.717) is 10.9 Å². The monoisotopic (exact) mass is 306 g/mol. The highest BCUT2D eigenvalue weighted by Gasteiger charge is 2.26. The second-order valence-electron chi connectivity index (χ2n) is 4.07. The van der Waals surface area contributed by atoms with Gasteiger partial charge in [0.1, 0.15) is 0 Å². The lowest BCUT2D eigenvalue weighted by Crippen LogP contribution is -2.11. The molecule has 0 bridgehead atoms. The zero-order valence-corrected chi connectivity index (χ0v) is 13.0. The molecule has 5 nitrogen and oxygen atoms in total. The summed E-state index contributed by atoms with van der Waals surface area (Å²) < 4.78 is 45.2. The lowest BCUT2D eigenvalue weighted by molar-refractivity contribution is 0.230. The van der Waals surface area contributed by atoms with E-state index in [-0.39, 0.29) is 19.0 Å². The summed E-state index contributed by atoms with van der Waals surface area (Å²) in [6.07, 6.45) is 1.17. The molecule has 0 aliphatic carbocycles. The van der Waals surface area contributed by atoms with Gasteiger partial charge >= 0.3 is 7.60 Å². The van der Waals surface area contributed by atoms with E-state index in [1.165, 1.54) is 6.26 Å². The molecule has 0 saturated carbocycles. The number of sulfone groups is 1. The van der Waals surface area contributed by atoms with Gasteiger partial charge in [-0.05, 0) is 31.5 Å². The SMILES string of the molecule is CCOP(=O)(OCC)c1ccc(CS(C)(=O)=O)cc1. The highest BCUT2D eigenvalue weighted by Crippen LogP contribution is 2.46. The Bertz CT molecular complexity index is 540. The highest BCUT2D eigenvalue weighted by molar-refractivity contribution is 7.89. The van der Waals surface area contributed by atoms with Gasteiger partial charge in [-0.25, -0.2) is 8.42 Å². The van der Waals surface area contributed by atoms with Crippen LogP contribution in [0, 0.1) is 0 Å². The van der Waals surface area contributed by atoms with Crippen LogP contribution in [0.2, 0.25) is 0 Å². The van der Waals surface area contributed by atoms with Crippen molar-refractivity contribution < 1.29 is 22.0 Å². The minimum Gasteiger partial charge on any atom is -0.305 e. The van der Waals surface area contributed by atoms with Crippen molar-refractivity contribution >= 4 is 22.7 Å². The molecule has 0 atom stereocenters. The van der Waals surface area contributed by atoms with Crippen molar-refractivity contribution in [3.63, 3.8) is 0 Å². The average Bonchev–Trinajstić information content (AvgIpc) is 2.28. The molecule has 0 N–H and O–H groups in total. The normalized spacial score (nSPS) is 12.6. The maximum absolute atomic E-state index is 12.4. The molecule has 0 aromatic heterocycles. The van der Waals surface area contributed by atoms with Crippen LogP contribution in [0.3, 0.4) is 0 Å². The Morgan fingerprint density at radius 2 is 1.53 bits per heavy atom. The van der Waals surface area contributed by atoms with Crippen molar-refractivity contribution in [2.75, 3.05) is 19.5 Å². The molecule has 0 fully saturated rings. The molecule has 1 aromatic rings. The van der Waals surface area contributed by atoms with Crippen LogP contribution < -0.4 is 5.30 Å². The predicted octanol–water partition coefficient (Wildman–Crippen LogP) is 2.12. The Morgan fingerprint density at radius 3 is 1.89 bits per heavy atom. The highest BCUT2D eigenvalue weighted by atomic mass is 32.2. The second-order valence-corrected chi connectivity index (χ2v) is 8.24. The lowest BCUT2D eigenvalue weighted by Gasteiger charge is -2.17. The van der Waals surface area contributed by atoms with Crippen LogP contribution in [0.4, 0.5) is 0 Å². The third-order valence-electron chi connectivity index (χ3n) is 2.28. The Kier molecular flexibility index (Phi) is 5.74. The average molecular weight is 306 g/mol. The fourth-order valence-corrected chi connectivity index (χ4v) is 3.97. The third kappa shape index (κ3) is 5.07. The molecular formula is C12H19O5PS. The second kappa shape index (κ2) is 6.66. The zero-order chi connectivity index (χ0) is 14.5. The van der Waals surface area contributed by atoms with E-state index < -0.39 is 17.4 Å². The molecule has 1 aromatic carbocycles. The van der Waals surface area contributed by atoms with Crippen LogP contribution in [0.5, 0.6) is 0 Å². The molecule has 19 heavy (non-hydrogen) atoms. The van der Waals surface area contributed by atoms with Crippen molar-refractivity contribution in [3.05, 3.63) is 29.8 Å². The first-order chi connectivity index (χ1) is 8.80. The maximum Gasteiger partial charge on any atom is 0.361 e. The summed E-state index contributed by atoms with van der Waals surface area (Å²) in [5.74, 6) is -0.0408. The Morgan fingerprint density at radius 1 is 1.05 bits per heavy atom. The molecule has 0 spiro atoms. The van der Waals surface area contributed by atoms with Crippen LogP contribution >= 0.6 is 7.60 Å². The summed E-state index contributed by atoms with van der Waals surface area (Å²) in [6, 6.07) is 6.43. The molecule has 0 aliphatic heterocycles. The first kappa shape index (κ1) is 16.4. The van der Waals surface area contributed by atoms with E-state index in [0.717, 1.165) is 0 Å². The summed E-state index contributed by atoms with van der Waals surface area (Å²) in [6.45, 7) is 4.04. The molecule has 0 heterocycles. The summed E-state index contributed by atoms with van der Waals surface area (Å²) in [7, 11) is -6.37. The van der Waals surface area contributed by atoms with Crippen molar-refractivity contribution in [3.8, 4) is 0 Å². The van der Waals surface area contributed by atoms with Gasteiger partial charge in [0.05, 0.1) is 24.3 Å². The van der Waals surface area contributed by atoms with Gasteiger partial charge in [-0.2, -0.15) is 0 Å². The fourth-order valence-electron chi connectivity index (χ4n) is 1.60. The van der Waals surface area contributed by atoms with E-state index in [4.69, 9.17) is 9.05 Å². The van der Waals surface area contributed by atoms with Gasteiger partial charge in [0, 0.05) is 6.26 Å². The lowest BCUT2D eigenvalue weighted by atomic mass is 10.2. The number of rotatable bonds is 7. The van der Waals surface area contributed by atoms with Gasteiger partial charge < -0.3 is 9.05 Å². The summed E-state index contributed by atoms with van der Waals surface area (Å²) >= 11 is 0. The van der Waals surface area contributed by atoms with E-state index in [1.54, 1.807) is 38.1 Å². The molecular weight excluding hydrogens is 287 g/mol. The first-order valence-electron chi connectivity index (χ1n) is 5.97. The molecule has 0 aliphatic rings. The topological polar surface area (TPSA) is 69.7 Å². The third-order valence-corrected chi connectivity index (χ3v) is 5.26. The fraction of sp³-hybridized carbons (Fsp3) is 0.500. The van der Waals surface area contributed by atoms with Crippen LogP contribution in [0.15, 0.2) is 24.3 Å². The summed E-state index contributed by atoms with van der Waals surface area (Å²) in [4.78, 5) is 0. The van der Waals surface area contributed by atoms with Gasteiger partial charge in [-0.15, -0.1) is 0 Å². The molecule has 0 amide bonds. The van der Waals surface area contributed by atoms with Crippen molar-refractivity contribution in [1.82, 2.24) is 0 Å². The summed E-state index contributed by atoms with van der Waals surface area (Å²) in [5, 5.41) is 0.438. The van der Waals surface area contributed by atoms with E-state index in [1.807, 2.05) is 0 Å². The van der Waals surface area contributed by atoms with Crippen LogP contribution in [0.25, 0.3) is 0 Å². The molecule has 0 saturated heterocycles. The predicted molar refractivity (Wildman–Crippen MR) is 75.5 cm³/mol. The van der Waals surface area contributed by atoms with Crippen LogP contribution in [-0.2, 0) is 29.2 Å². The smallest absolute Gasteiger partial charge is 0.305 e. The van der Waals surface area contributed by atoms with E-state index in [9.17, 15) is 13.0 Å². The van der Waals surface area contributed by atoms with Gasteiger partial charge in [0.15, 0.2) is 9.84 Å². The van der Waals surface area contributed by atoms with E-state index >= 15 is 0 Å². The minimum atomic E-state index is -3.29. The largest absolute Gasteiger partial charge is 0.361 e. The Hall–Kier alpha value is -0.680. The maximum atomic E-state index is 12.4. The first-order valence-corrected chi connectivity index (χ1v) is 9.57. The molecule has 7 heteroatoms.